The lowest BCUT2D eigenvalue weighted by molar-refractivity contribution is -0.384. The summed E-state index contributed by atoms with van der Waals surface area (Å²) < 4.78 is 5.10. The SMILES string of the molecule is CC(OC(=O)CNC(=O)c1ccc(Cl)c([N+](=O)[O-])c1)C(=O)Nc1ccccc1-c1ccccc1. The summed E-state index contributed by atoms with van der Waals surface area (Å²) in [6, 6.07) is 20.2. The highest BCUT2D eigenvalue weighted by molar-refractivity contribution is 6.32. The molecule has 0 radical (unpaired) electrons. The molecule has 0 saturated heterocycles. The van der Waals surface area contributed by atoms with Crippen molar-refractivity contribution in [3.8, 4) is 11.1 Å². The van der Waals surface area contributed by atoms with Gasteiger partial charge in [-0.25, -0.2) is 0 Å². The normalized spacial score (nSPS) is 11.2. The molecule has 10 heteroatoms. The summed E-state index contributed by atoms with van der Waals surface area (Å²) in [7, 11) is 0. The molecule has 0 bridgehead atoms. The smallest absolute Gasteiger partial charge is 0.326 e. The molecule has 174 valence electrons. The third-order valence-corrected chi connectivity index (χ3v) is 5.07. The lowest BCUT2D eigenvalue weighted by Gasteiger charge is -2.16. The molecule has 0 aliphatic rings. The molecule has 0 heterocycles. The van der Waals surface area contributed by atoms with E-state index in [1.54, 1.807) is 12.1 Å². The number of hydrogen-bond acceptors (Lipinski definition) is 6. The molecule has 0 fully saturated rings. The van der Waals surface area contributed by atoms with E-state index in [2.05, 4.69) is 10.6 Å². The quantitative estimate of drug-likeness (QED) is 0.282. The fourth-order valence-corrected chi connectivity index (χ4v) is 3.22. The number of carbonyl (C=O) groups excluding carboxylic acids is 3. The molecule has 3 rings (SSSR count). The average molecular weight is 482 g/mol. The summed E-state index contributed by atoms with van der Waals surface area (Å²) in [6.45, 7) is 0.871. The molecular weight excluding hydrogens is 462 g/mol. The average Bonchev–Trinajstić information content (AvgIpc) is 2.83. The number of nitro benzene ring substituents is 1. The van der Waals surface area contributed by atoms with Crippen LogP contribution in [0.25, 0.3) is 11.1 Å². The number of nitro groups is 1. The van der Waals surface area contributed by atoms with E-state index in [1.165, 1.54) is 19.1 Å². The van der Waals surface area contributed by atoms with E-state index in [0.717, 1.165) is 17.2 Å². The van der Waals surface area contributed by atoms with Crippen molar-refractivity contribution in [2.75, 3.05) is 11.9 Å². The number of halogens is 1. The minimum absolute atomic E-state index is 0.0489. The number of carbonyl (C=O) groups is 3. The van der Waals surface area contributed by atoms with Gasteiger partial charge < -0.3 is 15.4 Å². The summed E-state index contributed by atoms with van der Waals surface area (Å²) in [5, 5.41) is 15.9. The number of nitrogens with one attached hydrogen (secondary N) is 2. The van der Waals surface area contributed by atoms with E-state index in [9.17, 15) is 24.5 Å². The van der Waals surface area contributed by atoms with Crippen molar-refractivity contribution in [2.24, 2.45) is 0 Å². The van der Waals surface area contributed by atoms with Crippen LogP contribution >= 0.6 is 11.6 Å². The van der Waals surface area contributed by atoms with Crippen molar-refractivity contribution in [3.63, 3.8) is 0 Å². The van der Waals surface area contributed by atoms with Gasteiger partial charge in [-0.15, -0.1) is 0 Å². The lowest BCUT2D eigenvalue weighted by Crippen LogP contribution is -2.35. The lowest BCUT2D eigenvalue weighted by atomic mass is 10.0. The minimum Gasteiger partial charge on any atom is -0.451 e. The van der Waals surface area contributed by atoms with Crippen molar-refractivity contribution in [2.45, 2.75) is 13.0 Å². The molecule has 0 aliphatic carbocycles. The molecule has 0 aliphatic heterocycles. The van der Waals surface area contributed by atoms with Gasteiger partial charge in [-0.1, -0.05) is 60.1 Å². The Bertz CT molecular complexity index is 1230. The van der Waals surface area contributed by atoms with Gasteiger partial charge in [0.05, 0.1) is 4.92 Å². The first-order valence-corrected chi connectivity index (χ1v) is 10.5. The number of esters is 1. The second kappa shape index (κ2) is 11.1. The molecule has 0 aromatic heterocycles. The highest BCUT2D eigenvalue weighted by Gasteiger charge is 2.21. The van der Waals surface area contributed by atoms with Crippen LogP contribution in [0.4, 0.5) is 11.4 Å². The number of nitrogens with zero attached hydrogens (tertiary/aromatic N) is 1. The molecule has 0 spiro atoms. The number of ether oxygens (including phenoxy) is 1. The summed E-state index contributed by atoms with van der Waals surface area (Å²) in [4.78, 5) is 47.1. The van der Waals surface area contributed by atoms with Crippen LogP contribution in [0.3, 0.4) is 0 Å². The minimum atomic E-state index is -1.13. The Morgan fingerprint density at radius 2 is 1.71 bits per heavy atom. The number of para-hydroxylation sites is 1. The monoisotopic (exact) mass is 481 g/mol. The van der Waals surface area contributed by atoms with Gasteiger partial charge in [0.2, 0.25) is 0 Å². The van der Waals surface area contributed by atoms with Crippen molar-refractivity contribution >= 4 is 40.8 Å². The van der Waals surface area contributed by atoms with Gasteiger partial charge in [-0.3, -0.25) is 24.5 Å². The van der Waals surface area contributed by atoms with Crippen LogP contribution in [-0.2, 0) is 14.3 Å². The molecule has 2 amide bonds. The van der Waals surface area contributed by atoms with Crippen LogP contribution in [-0.4, -0.2) is 35.4 Å². The maximum atomic E-state index is 12.6. The van der Waals surface area contributed by atoms with Crippen LogP contribution < -0.4 is 10.6 Å². The topological polar surface area (TPSA) is 128 Å². The third-order valence-electron chi connectivity index (χ3n) is 4.75. The molecule has 3 aromatic rings. The molecule has 34 heavy (non-hydrogen) atoms. The van der Waals surface area contributed by atoms with Crippen LogP contribution in [0.1, 0.15) is 17.3 Å². The molecule has 1 unspecified atom stereocenters. The van der Waals surface area contributed by atoms with Crippen LogP contribution in [0.5, 0.6) is 0 Å². The Hall–Kier alpha value is -4.24. The predicted octanol–water partition coefficient (Wildman–Crippen LogP) is 4.22. The van der Waals surface area contributed by atoms with Crippen LogP contribution in [0.15, 0.2) is 72.8 Å². The number of rotatable bonds is 8. The Labute approximate surface area is 199 Å². The van der Waals surface area contributed by atoms with Crippen molar-refractivity contribution < 1.29 is 24.0 Å². The van der Waals surface area contributed by atoms with Crippen molar-refractivity contribution in [1.82, 2.24) is 5.32 Å². The molecule has 3 aromatic carbocycles. The van der Waals surface area contributed by atoms with Gasteiger partial charge in [0.25, 0.3) is 17.5 Å². The summed E-state index contributed by atoms with van der Waals surface area (Å²) in [6.07, 6.45) is -1.13. The van der Waals surface area contributed by atoms with Gasteiger partial charge in [-0.2, -0.15) is 0 Å². The molecule has 9 nitrogen and oxygen atoms in total. The largest absolute Gasteiger partial charge is 0.451 e. The maximum absolute atomic E-state index is 12.6. The predicted molar refractivity (Wildman–Crippen MR) is 127 cm³/mol. The number of benzene rings is 3. The number of hydrogen-bond donors (Lipinski definition) is 2. The zero-order chi connectivity index (χ0) is 24.7. The van der Waals surface area contributed by atoms with Crippen molar-refractivity contribution in [3.05, 3.63) is 93.5 Å². The zero-order valence-corrected chi connectivity index (χ0v) is 18.7. The second-order valence-corrected chi connectivity index (χ2v) is 7.55. The molecule has 0 saturated carbocycles. The fraction of sp³-hybridized carbons (Fsp3) is 0.125. The van der Waals surface area contributed by atoms with Gasteiger partial charge in [-0.05, 0) is 30.7 Å². The first kappa shape index (κ1) is 24.4. The Morgan fingerprint density at radius 1 is 1.03 bits per heavy atom. The van der Waals surface area contributed by atoms with E-state index >= 15 is 0 Å². The van der Waals surface area contributed by atoms with Crippen molar-refractivity contribution in [1.29, 1.82) is 0 Å². The van der Waals surface area contributed by atoms with E-state index in [1.807, 2.05) is 42.5 Å². The maximum Gasteiger partial charge on any atom is 0.326 e. The Morgan fingerprint density at radius 3 is 2.41 bits per heavy atom. The Kier molecular flexibility index (Phi) is 7.94. The zero-order valence-electron chi connectivity index (χ0n) is 18.0. The molecular formula is C24H20ClN3O6. The third kappa shape index (κ3) is 6.17. The highest BCUT2D eigenvalue weighted by Crippen LogP contribution is 2.28. The van der Waals surface area contributed by atoms with E-state index in [0.29, 0.717) is 5.69 Å². The molecule has 1 atom stereocenters. The first-order chi connectivity index (χ1) is 16.3. The van der Waals surface area contributed by atoms with Crippen LogP contribution in [0, 0.1) is 10.1 Å². The Balaban J connectivity index is 1.56. The van der Waals surface area contributed by atoms with E-state index in [4.69, 9.17) is 16.3 Å². The van der Waals surface area contributed by atoms with Gasteiger partial charge in [0.1, 0.15) is 11.6 Å². The molecule has 2 N–H and O–H groups in total. The highest BCUT2D eigenvalue weighted by atomic mass is 35.5. The van der Waals surface area contributed by atoms with Gasteiger partial charge in [0, 0.05) is 22.9 Å². The van der Waals surface area contributed by atoms with E-state index < -0.39 is 41.0 Å². The van der Waals surface area contributed by atoms with Gasteiger partial charge >= 0.3 is 5.97 Å². The van der Waals surface area contributed by atoms with E-state index in [-0.39, 0.29) is 10.6 Å². The summed E-state index contributed by atoms with van der Waals surface area (Å²) in [5.41, 5.74) is 1.79. The number of anilines is 1. The second-order valence-electron chi connectivity index (χ2n) is 7.14. The number of amides is 2. The standard InChI is InChI=1S/C24H20ClN3O6/c1-15(23(30)27-20-10-6-5-9-18(20)16-7-3-2-4-8-16)34-22(29)14-26-24(31)17-11-12-19(25)21(13-17)28(32)33/h2-13,15H,14H2,1H3,(H,26,31)(H,27,30). The summed E-state index contributed by atoms with van der Waals surface area (Å²) >= 11 is 5.73. The van der Waals surface area contributed by atoms with Crippen LogP contribution in [0.2, 0.25) is 5.02 Å². The van der Waals surface area contributed by atoms with Gasteiger partial charge in [0.15, 0.2) is 6.10 Å². The fourth-order valence-electron chi connectivity index (χ4n) is 3.04. The summed E-state index contributed by atoms with van der Waals surface area (Å²) in [5.74, 6) is -2.13. The first-order valence-electron chi connectivity index (χ1n) is 10.1.